The predicted molar refractivity (Wildman–Crippen MR) is 103 cm³/mol. The van der Waals surface area contributed by atoms with Gasteiger partial charge >= 0.3 is 0 Å². The Balaban J connectivity index is 2.43. The smallest absolute Gasteiger partial charge is 0.224 e. The van der Waals surface area contributed by atoms with Gasteiger partial charge in [-0.3, -0.25) is 9.59 Å². The van der Waals surface area contributed by atoms with Gasteiger partial charge in [-0.15, -0.1) is 0 Å². The second-order valence-corrected chi connectivity index (χ2v) is 7.02. The van der Waals surface area contributed by atoms with E-state index in [0.29, 0.717) is 35.1 Å². The lowest BCUT2D eigenvalue weighted by Gasteiger charge is -2.12. The van der Waals surface area contributed by atoms with Gasteiger partial charge in [-0.05, 0) is 48.4 Å². The highest BCUT2D eigenvalue weighted by Crippen LogP contribution is 2.41. The molecule has 0 saturated heterocycles. The molecular weight excluding hydrogens is 330 g/mol. The van der Waals surface area contributed by atoms with Gasteiger partial charge in [0, 0.05) is 12.0 Å². The molecule has 1 aliphatic carbocycles. The van der Waals surface area contributed by atoms with E-state index >= 15 is 0 Å². The van der Waals surface area contributed by atoms with Gasteiger partial charge in [0.05, 0.1) is 19.9 Å². The molecule has 1 aromatic rings. The number of ketones is 1. The van der Waals surface area contributed by atoms with Crippen LogP contribution in [0.5, 0.6) is 11.5 Å². The largest absolute Gasteiger partial charge is 0.493 e. The zero-order valence-electron chi connectivity index (χ0n) is 16.4. The number of nitrogens with one attached hydrogen (secondary N) is 1. The normalized spacial score (nSPS) is 13.2. The summed E-state index contributed by atoms with van der Waals surface area (Å²) in [6.45, 7) is 6.33. The van der Waals surface area contributed by atoms with Gasteiger partial charge in [0.1, 0.15) is 0 Å². The average Bonchev–Trinajstić information content (AvgIpc) is 2.87. The Hall–Kier alpha value is -2.30. The molecule has 0 bridgehead atoms. The van der Waals surface area contributed by atoms with Crippen molar-refractivity contribution in [3.8, 4) is 11.5 Å². The Morgan fingerprint density at radius 3 is 2.27 bits per heavy atom. The maximum Gasteiger partial charge on any atom is 0.224 e. The lowest BCUT2D eigenvalue weighted by Crippen LogP contribution is -2.26. The van der Waals surface area contributed by atoms with Crippen molar-refractivity contribution in [2.45, 2.75) is 52.9 Å². The van der Waals surface area contributed by atoms with Crippen molar-refractivity contribution in [2.24, 2.45) is 5.92 Å². The number of rotatable bonds is 9. The third-order valence-corrected chi connectivity index (χ3v) is 4.62. The monoisotopic (exact) mass is 359 g/mol. The molecule has 1 aliphatic rings. The van der Waals surface area contributed by atoms with E-state index in [1.54, 1.807) is 20.3 Å². The summed E-state index contributed by atoms with van der Waals surface area (Å²) < 4.78 is 10.7. The average molecular weight is 359 g/mol. The molecule has 5 heteroatoms. The quantitative estimate of drug-likeness (QED) is 0.712. The van der Waals surface area contributed by atoms with E-state index in [9.17, 15) is 9.59 Å². The summed E-state index contributed by atoms with van der Waals surface area (Å²) in [6, 6.07) is 3.55. The van der Waals surface area contributed by atoms with Crippen molar-refractivity contribution in [1.82, 2.24) is 5.32 Å². The molecule has 0 fully saturated rings. The van der Waals surface area contributed by atoms with E-state index in [2.05, 4.69) is 19.2 Å². The molecule has 0 spiro atoms. The number of methoxy groups -OCH3 is 2. The molecule has 142 valence electrons. The van der Waals surface area contributed by atoms with Crippen LogP contribution in [0.4, 0.5) is 0 Å². The molecule has 0 saturated carbocycles. The number of allylic oxidation sites excluding steroid dienone is 2. The van der Waals surface area contributed by atoms with Crippen molar-refractivity contribution < 1.29 is 19.1 Å². The highest BCUT2D eigenvalue weighted by atomic mass is 16.5. The second-order valence-electron chi connectivity index (χ2n) is 7.02. The van der Waals surface area contributed by atoms with Gasteiger partial charge < -0.3 is 14.8 Å². The molecule has 0 atom stereocenters. The Labute approximate surface area is 155 Å². The van der Waals surface area contributed by atoms with Gasteiger partial charge in [-0.2, -0.15) is 0 Å². The Morgan fingerprint density at radius 1 is 1.12 bits per heavy atom. The lowest BCUT2D eigenvalue weighted by molar-refractivity contribution is -0.120. The number of unbranched alkanes of at least 4 members (excludes halogenated alkanes) is 1. The van der Waals surface area contributed by atoms with Crippen molar-refractivity contribution in [3.05, 3.63) is 29.0 Å². The first-order chi connectivity index (χ1) is 12.4. The minimum absolute atomic E-state index is 0.107. The standard InChI is InChI=1S/C21H29NO4/c1-6-7-8-19(23)22-20-14(10-9-13(2)3)15-11-17(25-4)18(26-5)12-16(15)21(20)24/h11-13H,6-10H2,1-5H3,(H,22,23,24). The molecule has 5 nitrogen and oxygen atoms in total. The number of amides is 1. The highest BCUT2D eigenvalue weighted by Gasteiger charge is 2.32. The molecule has 26 heavy (non-hydrogen) atoms. The number of hydrogen-bond donors (Lipinski definition) is 1. The number of carbonyl (C=O) groups excluding carboxylic acids is 2. The van der Waals surface area contributed by atoms with Crippen LogP contribution in [0.1, 0.15) is 68.8 Å². The van der Waals surface area contributed by atoms with Crippen LogP contribution in [0.25, 0.3) is 5.57 Å². The topological polar surface area (TPSA) is 64.6 Å². The molecule has 2 rings (SSSR count). The number of Topliss-reactive ketones (excluding diaryl/α,β-unsaturated/α-hetero) is 1. The maximum absolute atomic E-state index is 13.0. The van der Waals surface area contributed by atoms with Crippen LogP contribution in [-0.4, -0.2) is 25.9 Å². The van der Waals surface area contributed by atoms with Crippen molar-refractivity contribution in [3.63, 3.8) is 0 Å². The lowest BCUT2D eigenvalue weighted by atomic mass is 9.97. The predicted octanol–water partition coefficient (Wildman–Crippen LogP) is 4.35. The molecule has 1 N–H and O–H groups in total. The fraction of sp³-hybridized carbons (Fsp3) is 0.524. The van der Waals surface area contributed by atoms with Crippen molar-refractivity contribution in [2.75, 3.05) is 14.2 Å². The number of hydrogen-bond acceptors (Lipinski definition) is 4. The van der Waals surface area contributed by atoms with Gasteiger partial charge in [-0.1, -0.05) is 27.2 Å². The second kappa shape index (κ2) is 8.88. The van der Waals surface area contributed by atoms with Crippen LogP contribution in [0.15, 0.2) is 17.8 Å². The first-order valence-corrected chi connectivity index (χ1v) is 9.26. The number of ether oxygens (including phenoxy) is 2. The molecule has 1 amide bonds. The summed E-state index contributed by atoms with van der Waals surface area (Å²) in [5, 5.41) is 2.87. The van der Waals surface area contributed by atoms with E-state index in [1.165, 1.54) is 0 Å². The number of fused-ring (bicyclic) bond motifs is 1. The van der Waals surface area contributed by atoms with Crippen molar-refractivity contribution >= 4 is 17.3 Å². The van der Waals surface area contributed by atoms with Crippen LogP contribution < -0.4 is 14.8 Å². The first-order valence-electron chi connectivity index (χ1n) is 9.26. The minimum atomic E-state index is -0.149. The van der Waals surface area contributed by atoms with E-state index < -0.39 is 0 Å². The fourth-order valence-corrected chi connectivity index (χ4v) is 3.09. The van der Waals surface area contributed by atoms with Gasteiger partial charge in [0.25, 0.3) is 0 Å². The van der Waals surface area contributed by atoms with Crippen LogP contribution >= 0.6 is 0 Å². The van der Waals surface area contributed by atoms with Gasteiger partial charge in [-0.25, -0.2) is 0 Å². The fourth-order valence-electron chi connectivity index (χ4n) is 3.09. The number of carbonyl (C=O) groups is 2. The Kier molecular flexibility index (Phi) is 6.83. The number of benzene rings is 1. The molecule has 0 aromatic heterocycles. The third kappa shape index (κ3) is 4.26. The van der Waals surface area contributed by atoms with Crippen LogP contribution in [0.2, 0.25) is 0 Å². The van der Waals surface area contributed by atoms with Crippen LogP contribution in [-0.2, 0) is 4.79 Å². The van der Waals surface area contributed by atoms with E-state index in [0.717, 1.165) is 36.8 Å². The Morgan fingerprint density at radius 2 is 1.73 bits per heavy atom. The Bertz CT molecular complexity index is 719. The molecular formula is C21H29NO4. The van der Waals surface area contributed by atoms with Crippen LogP contribution in [0.3, 0.4) is 0 Å². The van der Waals surface area contributed by atoms with Crippen LogP contribution in [0, 0.1) is 5.92 Å². The zero-order chi connectivity index (χ0) is 19.3. The van der Waals surface area contributed by atoms with E-state index in [4.69, 9.17) is 9.47 Å². The molecule has 0 radical (unpaired) electrons. The van der Waals surface area contributed by atoms with E-state index in [-0.39, 0.29) is 11.7 Å². The van der Waals surface area contributed by atoms with Gasteiger partial charge in [0.15, 0.2) is 11.5 Å². The molecule has 1 aromatic carbocycles. The summed E-state index contributed by atoms with van der Waals surface area (Å²) in [7, 11) is 3.12. The molecule has 0 aliphatic heterocycles. The van der Waals surface area contributed by atoms with E-state index in [1.807, 2.05) is 13.0 Å². The third-order valence-electron chi connectivity index (χ3n) is 4.62. The van der Waals surface area contributed by atoms with Crippen molar-refractivity contribution in [1.29, 1.82) is 0 Å². The molecule has 0 unspecified atom stereocenters. The van der Waals surface area contributed by atoms with Gasteiger partial charge in [0.2, 0.25) is 11.7 Å². The summed E-state index contributed by atoms with van der Waals surface area (Å²) in [5.41, 5.74) is 2.70. The maximum atomic E-state index is 13.0. The highest BCUT2D eigenvalue weighted by molar-refractivity contribution is 6.22. The molecule has 0 heterocycles. The summed E-state index contributed by atoms with van der Waals surface area (Å²) >= 11 is 0. The zero-order valence-corrected chi connectivity index (χ0v) is 16.4. The SMILES string of the molecule is CCCCC(=O)NC1=C(CCC(C)C)c2cc(OC)c(OC)cc2C1=O. The summed E-state index contributed by atoms with van der Waals surface area (Å²) in [5.74, 6) is 1.34. The summed E-state index contributed by atoms with van der Waals surface area (Å²) in [6.07, 6.45) is 3.84. The summed E-state index contributed by atoms with van der Waals surface area (Å²) in [4.78, 5) is 25.2. The first kappa shape index (κ1) is 20.0. The minimum Gasteiger partial charge on any atom is -0.493 e.